The third-order valence-electron chi connectivity index (χ3n) is 9.03. The molecule has 2 unspecified atom stereocenters. The molecule has 2 atom stereocenters. The van der Waals surface area contributed by atoms with E-state index in [0.29, 0.717) is 0 Å². The Hall–Kier alpha value is -5.74. The van der Waals surface area contributed by atoms with Gasteiger partial charge in [-0.05, 0) is 79.2 Å². The quantitative estimate of drug-likeness (QED) is 0.213. The summed E-state index contributed by atoms with van der Waals surface area (Å²) in [4.78, 5) is 4.41. The van der Waals surface area contributed by atoms with E-state index in [-0.39, 0.29) is 12.3 Å². The lowest BCUT2D eigenvalue weighted by Gasteiger charge is -2.20. The zero-order valence-corrected chi connectivity index (χ0v) is 24.1. The Kier molecular flexibility index (Phi) is 5.60. The Morgan fingerprint density at radius 3 is 1.14 bits per heavy atom. The van der Waals surface area contributed by atoms with Crippen LogP contribution in [0.25, 0.3) is 55.2 Å². The highest BCUT2D eigenvalue weighted by Gasteiger charge is 2.24. The van der Waals surface area contributed by atoms with Crippen LogP contribution in [0.3, 0.4) is 0 Å². The van der Waals surface area contributed by atoms with Crippen LogP contribution in [-0.2, 0) is 0 Å². The molecule has 2 N–H and O–H groups in total. The standard InChI is InChI=1S/C40H30N4/c1-2-10-32-31(9-1)39(29-19-15-27(16-20-29)35-25-43-23-7-5-13-37(43)41-35)33-11-3-4-12-34(33)40(32)30-21-17-28(18-22-30)36-26-44-24-8-6-14-38(44)42-36/h1-26,37-38,41-42H. The highest BCUT2D eigenvalue weighted by molar-refractivity contribution is 6.21. The number of hydrogen-bond donors (Lipinski definition) is 2. The molecule has 4 heterocycles. The van der Waals surface area contributed by atoms with Crippen molar-refractivity contribution in [2.24, 2.45) is 0 Å². The molecule has 0 radical (unpaired) electrons. The molecule has 210 valence electrons. The summed E-state index contributed by atoms with van der Waals surface area (Å²) in [5.41, 5.74) is 9.64. The van der Waals surface area contributed by atoms with Crippen molar-refractivity contribution in [3.63, 3.8) is 0 Å². The van der Waals surface area contributed by atoms with Crippen LogP contribution >= 0.6 is 0 Å². The second-order valence-corrected chi connectivity index (χ2v) is 11.6. The number of rotatable bonds is 4. The number of nitrogens with one attached hydrogen (secondary N) is 2. The highest BCUT2D eigenvalue weighted by atomic mass is 15.3. The smallest absolute Gasteiger partial charge is 0.122 e. The highest BCUT2D eigenvalue weighted by Crippen LogP contribution is 2.44. The van der Waals surface area contributed by atoms with Crippen molar-refractivity contribution in [3.05, 3.63) is 169 Å². The number of benzene rings is 5. The normalized spacial score (nSPS) is 19.5. The van der Waals surface area contributed by atoms with Gasteiger partial charge < -0.3 is 20.4 Å². The molecule has 0 saturated heterocycles. The Bertz CT molecular complexity index is 1920. The zero-order chi connectivity index (χ0) is 29.0. The fourth-order valence-corrected chi connectivity index (χ4v) is 6.90. The number of nitrogens with zero attached hydrogens (tertiary/aromatic N) is 2. The number of hydrogen-bond acceptors (Lipinski definition) is 4. The van der Waals surface area contributed by atoms with E-state index in [1.807, 2.05) is 0 Å². The van der Waals surface area contributed by atoms with Gasteiger partial charge in [-0.15, -0.1) is 0 Å². The average molecular weight is 567 g/mol. The van der Waals surface area contributed by atoms with Crippen LogP contribution < -0.4 is 10.6 Å². The van der Waals surface area contributed by atoms with E-state index in [1.165, 1.54) is 54.9 Å². The van der Waals surface area contributed by atoms with Crippen LogP contribution in [0.4, 0.5) is 0 Å². The molecular formula is C40H30N4. The van der Waals surface area contributed by atoms with Gasteiger partial charge in [0.1, 0.15) is 12.3 Å². The zero-order valence-electron chi connectivity index (χ0n) is 24.1. The molecule has 0 amide bonds. The summed E-state index contributed by atoms with van der Waals surface area (Å²) < 4.78 is 0. The van der Waals surface area contributed by atoms with Crippen molar-refractivity contribution < 1.29 is 0 Å². The molecule has 44 heavy (non-hydrogen) atoms. The molecule has 4 heteroatoms. The maximum Gasteiger partial charge on any atom is 0.122 e. The molecule has 4 aliphatic heterocycles. The number of allylic oxidation sites excluding steroid dienone is 4. The lowest BCUT2D eigenvalue weighted by atomic mass is 9.85. The first-order valence-corrected chi connectivity index (χ1v) is 15.2. The second-order valence-electron chi connectivity index (χ2n) is 11.6. The van der Waals surface area contributed by atoms with Gasteiger partial charge >= 0.3 is 0 Å². The first-order chi connectivity index (χ1) is 21.8. The predicted octanol–water partition coefficient (Wildman–Crippen LogP) is 8.55. The minimum atomic E-state index is 0.187. The average Bonchev–Trinajstić information content (AvgIpc) is 3.72. The third kappa shape index (κ3) is 3.99. The van der Waals surface area contributed by atoms with Crippen molar-refractivity contribution in [1.29, 1.82) is 0 Å². The predicted molar refractivity (Wildman–Crippen MR) is 182 cm³/mol. The van der Waals surface area contributed by atoms with E-state index in [2.05, 4.69) is 179 Å². The summed E-state index contributed by atoms with van der Waals surface area (Å²) in [7, 11) is 0. The first kappa shape index (κ1) is 24.8. The molecule has 0 saturated carbocycles. The van der Waals surface area contributed by atoms with Crippen LogP contribution in [0.15, 0.2) is 158 Å². The van der Waals surface area contributed by atoms with Gasteiger partial charge in [-0.3, -0.25) is 0 Å². The molecule has 4 aliphatic rings. The molecule has 5 aromatic rings. The topological polar surface area (TPSA) is 30.5 Å². The Labute approximate surface area is 256 Å². The molecule has 0 fully saturated rings. The van der Waals surface area contributed by atoms with Crippen molar-refractivity contribution in [2.75, 3.05) is 0 Å². The van der Waals surface area contributed by atoms with Crippen molar-refractivity contribution >= 4 is 32.9 Å². The molecule has 0 aromatic heterocycles. The fourth-order valence-electron chi connectivity index (χ4n) is 6.90. The van der Waals surface area contributed by atoms with Gasteiger partial charge in [0, 0.05) is 24.8 Å². The van der Waals surface area contributed by atoms with Crippen LogP contribution in [0, 0.1) is 0 Å². The summed E-state index contributed by atoms with van der Waals surface area (Å²) in [5, 5.41) is 12.3. The fraction of sp³-hybridized carbons (Fsp3) is 0.0500. The van der Waals surface area contributed by atoms with Crippen LogP contribution in [0.5, 0.6) is 0 Å². The molecule has 9 rings (SSSR count). The SMILES string of the molecule is C1=CC2NC(c3ccc(-c4c5ccccc5c(-c5ccc(C6=CN7C=CC=CC7N6)cc5)c5ccccc45)cc3)=CN2C=C1. The van der Waals surface area contributed by atoms with E-state index in [1.54, 1.807) is 0 Å². The van der Waals surface area contributed by atoms with E-state index < -0.39 is 0 Å². The third-order valence-corrected chi connectivity index (χ3v) is 9.03. The van der Waals surface area contributed by atoms with Gasteiger partial charge in [-0.25, -0.2) is 0 Å². The summed E-state index contributed by atoms with van der Waals surface area (Å²) >= 11 is 0. The Balaban J connectivity index is 1.13. The van der Waals surface area contributed by atoms with E-state index in [0.717, 1.165) is 11.4 Å². The lowest BCUT2D eigenvalue weighted by Crippen LogP contribution is -2.31. The minimum absolute atomic E-state index is 0.187. The molecule has 0 spiro atoms. The van der Waals surface area contributed by atoms with Gasteiger partial charge in [0.2, 0.25) is 0 Å². The summed E-state index contributed by atoms with van der Waals surface area (Å²) in [5.74, 6) is 0. The molecule has 0 bridgehead atoms. The lowest BCUT2D eigenvalue weighted by molar-refractivity contribution is 0.427. The molecule has 5 aromatic carbocycles. The van der Waals surface area contributed by atoms with Gasteiger partial charge in [-0.2, -0.15) is 0 Å². The first-order valence-electron chi connectivity index (χ1n) is 15.2. The van der Waals surface area contributed by atoms with Gasteiger partial charge in [0.05, 0.1) is 11.4 Å². The molecular weight excluding hydrogens is 536 g/mol. The van der Waals surface area contributed by atoms with E-state index in [9.17, 15) is 0 Å². The maximum absolute atomic E-state index is 3.62. The van der Waals surface area contributed by atoms with Crippen LogP contribution in [-0.4, -0.2) is 22.1 Å². The maximum atomic E-state index is 3.62. The number of fused-ring (bicyclic) bond motifs is 4. The molecule has 4 nitrogen and oxygen atoms in total. The summed E-state index contributed by atoms with van der Waals surface area (Å²) in [6.45, 7) is 0. The second kappa shape index (κ2) is 9.92. The Morgan fingerprint density at radius 1 is 0.409 bits per heavy atom. The van der Waals surface area contributed by atoms with Crippen LogP contribution in [0.2, 0.25) is 0 Å². The largest absolute Gasteiger partial charge is 0.360 e. The van der Waals surface area contributed by atoms with Gasteiger partial charge in [0.15, 0.2) is 0 Å². The van der Waals surface area contributed by atoms with Crippen LogP contribution in [0.1, 0.15) is 11.1 Å². The minimum Gasteiger partial charge on any atom is -0.360 e. The summed E-state index contributed by atoms with van der Waals surface area (Å²) in [6.07, 6.45) is 21.6. The van der Waals surface area contributed by atoms with E-state index >= 15 is 0 Å². The summed E-state index contributed by atoms with van der Waals surface area (Å²) in [6, 6.07) is 35.7. The van der Waals surface area contributed by atoms with Crippen molar-refractivity contribution in [1.82, 2.24) is 20.4 Å². The van der Waals surface area contributed by atoms with E-state index in [4.69, 9.17) is 0 Å². The Morgan fingerprint density at radius 2 is 0.773 bits per heavy atom. The van der Waals surface area contributed by atoms with Crippen molar-refractivity contribution in [3.8, 4) is 22.3 Å². The monoisotopic (exact) mass is 566 g/mol. The molecule has 0 aliphatic carbocycles. The van der Waals surface area contributed by atoms with Gasteiger partial charge in [-0.1, -0.05) is 109 Å². The van der Waals surface area contributed by atoms with Crippen molar-refractivity contribution in [2.45, 2.75) is 12.3 Å². The van der Waals surface area contributed by atoms with Gasteiger partial charge in [0.25, 0.3) is 0 Å².